The summed E-state index contributed by atoms with van der Waals surface area (Å²) in [4.78, 5) is 27.6. The first kappa shape index (κ1) is 31.4. The van der Waals surface area contributed by atoms with E-state index in [9.17, 15) is 24.9 Å². The number of carboxylic acid groups (broad SMARTS) is 1. The molecular formula is C34H44N4O6. The molecule has 10 nitrogen and oxygen atoms in total. The van der Waals surface area contributed by atoms with Crippen molar-refractivity contribution >= 4 is 24.0 Å². The van der Waals surface area contributed by atoms with Crippen molar-refractivity contribution < 1.29 is 29.6 Å². The van der Waals surface area contributed by atoms with E-state index < -0.39 is 12.3 Å². The maximum atomic E-state index is 12.4. The van der Waals surface area contributed by atoms with Crippen molar-refractivity contribution in [2.24, 2.45) is 23.7 Å². The SMILES string of the molecule is C=CC1=C(O)N[C@H](CC2N/C(=C\c3[nH]c(/C=C4\NC(=O)[C@H](C)[C@H]4C=C)c(C)c3C[C@H]3COC3O)C(CCC(=O)O)=C2C)C1C. The standard InChI is InChI=1S/C34H44N4O6/c1-7-21-19(6)32(41)38-28(21)13-26-18(5)24(11-20-15-44-34(20)43)30(36-26)14-29-23(9-10-31(39)40)17(4)25(35-29)12-27-16(3)22(8-2)33(42)37-27/h7-8,13-14,16,19-21,25,27,34-37,42-43H,1-2,9-12,15H2,3-6H3,(H,38,41)(H,39,40)/b28-13-,29-14-/t16?,19-,20+,21-,25?,27-,34?/m1/s1. The van der Waals surface area contributed by atoms with Crippen LogP contribution in [-0.2, 0) is 20.7 Å². The average Bonchev–Trinajstić information content (AvgIpc) is 3.62. The number of allylic oxidation sites excluding steroid dienone is 3. The summed E-state index contributed by atoms with van der Waals surface area (Å²) < 4.78 is 5.24. The molecule has 236 valence electrons. The molecule has 1 aromatic rings. The van der Waals surface area contributed by atoms with E-state index in [2.05, 4.69) is 41.0 Å². The van der Waals surface area contributed by atoms with Crippen LogP contribution in [0.5, 0.6) is 0 Å². The number of ether oxygens (including phenoxy) is 1. The summed E-state index contributed by atoms with van der Waals surface area (Å²) in [5.41, 5.74) is 8.18. The molecule has 3 unspecified atom stereocenters. The fraction of sp³-hybridized carbons (Fsp3) is 0.471. The lowest BCUT2D eigenvalue weighted by molar-refractivity contribution is -0.231. The van der Waals surface area contributed by atoms with Crippen molar-refractivity contribution in [1.29, 1.82) is 0 Å². The Morgan fingerprint density at radius 1 is 1.11 bits per heavy atom. The Bertz CT molecular complexity index is 1500. The summed E-state index contributed by atoms with van der Waals surface area (Å²) in [6.45, 7) is 16.2. The Morgan fingerprint density at radius 3 is 2.45 bits per heavy atom. The van der Waals surface area contributed by atoms with E-state index in [4.69, 9.17) is 4.74 Å². The minimum absolute atomic E-state index is 0.000160. The highest BCUT2D eigenvalue weighted by Gasteiger charge is 2.37. The first-order valence-electron chi connectivity index (χ1n) is 15.3. The molecule has 1 amide bonds. The maximum absolute atomic E-state index is 12.4. The number of carboxylic acids is 1. The third kappa shape index (κ3) is 5.88. The number of rotatable bonds is 11. The lowest BCUT2D eigenvalue weighted by Gasteiger charge is -2.32. The second-order valence-electron chi connectivity index (χ2n) is 12.5. The predicted molar refractivity (Wildman–Crippen MR) is 169 cm³/mol. The van der Waals surface area contributed by atoms with Crippen LogP contribution >= 0.6 is 0 Å². The van der Waals surface area contributed by atoms with Crippen LogP contribution in [-0.4, -0.2) is 57.2 Å². The van der Waals surface area contributed by atoms with Crippen LogP contribution in [0, 0.1) is 30.6 Å². The van der Waals surface area contributed by atoms with Crippen molar-refractivity contribution in [3.63, 3.8) is 0 Å². The van der Waals surface area contributed by atoms with Crippen LogP contribution in [0.1, 0.15) is 62.5 Å². The van der Waals surface area contributed by atoms with Crippen LogP contribution in [0.4, 0.5) is 0 Å². The molecular weight excluding hydrogens is 560 g/mol. The molecule has 4 aliphatic rings. The third-order valence-electron chi connectivity index (χ3n) is 9.86. The first-order valence-corrected chi connectivity index (χ1v) is 15.3. The Hall–Kier alpha value is -4.02. The second-order valence-corrected chi connectivity index (χ2v) is 12.5. The molecule has 2 saturated heterocycles. The van der Waals surface area contributed by atoms with Gasteiger partial charge in [0.2, 0.25) is 5.91 Å². The van der Waals surface area contributed by atoms with Gasteiger partial charge in [0.25, 0.3) is 0 Å². The minimum Gasteiger partial charge on any atom is -0.495 e. The molecule has 4 aliphatic heterocycles. The second kappa shape index (κ2) is 12.5. The zero-order chi connectivity index (χ0) is 31.9. The largest absolute Gasteiger partial charge is 0.495 e. The van der Waals surface area contributed by atoms with Gasteiger partial charge in [-0.1, -0.05) is 32.6 Å². The van der Waals surface area contributed by atoms with Gasteiger partial charge in [-0.05, 0) is 67.5 Å². The quantitative estimate of drug-likeness (QED) is 0.186. The number of nitrogens with one attached hydrogen (secondary N) is 4. The Morgan fingerprint density at radius 2 is 1.86 bits per heavy atom. The fourth-order valence-corrected chi connectivity index (χ4v) is 6.83. The summed E-state index contributed by atoms with van der Waals surface area (Å²) in [7, 11) is 0. The van der Waals surface area contributed by atoms with E-state index in [0.717, 1.165) is 50.6 Å². The molecule has 2 fully saturated rings. The highest BCUT2D eigenvalue weighted by atomic mass is 16.6. The normalized spacial score (nSPS) is 31.8. The smallest absolute Gasteiger partial charge is 0.303 e. The summed E-state index contributed by atoms with van der Waals surface area (Å²) in [6.07, 6.45) is 8.30. The monoisotopic (exact) mass is 604 g/mol. The lowest BCUT2D eigenvalue weighted by atomic mass is 9.90. The zero-order valence-electron chi connectivity index (χ0n) is 25.9. The van der Waals surface area contributed by atoms with E-state index in [1.54, 1.807) is 12.2 Å². The first-order chi connectivity index (χ1) is 20.9. The Labute approximate surface area is 258 Å². The minimum atomic E-state index is -0.863. The molecule has 0 saturated carbocycles. The number of amides is 1. The number of hydrogen-bond donors (Lipinski definition) is 7. The highest BCUT2D eigenvalue weighted by Crippen LogP contribution is 2.37. The topological polar surface area (TPSA) is 156 Å². The summed E-state index contributed by atoms with van der Waals surface area (Å²) >= 11 is 0. The number of aliphatic hydroxyl groups excluding tert-OH is 2. The van der Waals surface area contributed by atoms with Crippen molar-refractivity contribution in [2.75, 3.05) is 6.61 Å². The zero-order valence-corrected chi connectivity index (χ0v) is 25.9. The fourth-order valence-electron chi connectivity index (χ4n) is 6.83. The number of aliphatic hydroxyl groups is 2. The third-order valence-corrected chi connectivity index (χ3v) is 9.86. The van der Waals surface area contributed by atoms with Gasteiger partial charge < -0.3 is 41.0 Å². The van der Waals surface area contributed by atoms with E-state index in [-0.39, 0.29) is 54.0 Å². The maximum Gasteiger partial charge on any atom is 0.303 e. The van der Waals surface area contributed by atoms with Gasteiger partial charge in [-0.15, -0.1) is 6.58 Å². The predicted octanol–water partition coefficient (Wildman–Crippen LogP) is 4.19. The Kier molecular flexibility index (Phi) is 8.95. The van der Waals surface area contributed by atoms with Crippen LogP contribution in [0.3, 0.4) is 0 Å². The number of carbonyl (C=O) groups excluding carboxylic acids is 1. The van der Waals surface area contributed by atoms with Gasteiger partial charge in [-0.3, -0.25) is 9.59 Å². The van der Waals surface area contributed by atoms with Crippen LogP contribution in [0.15, 0.2) is 59.3 Å². The van der Waals surface area contributed by atoms with Gasteiger partial charge in [-0.25, -0.2) is 0 Å². The van der Waals surface area contributed by atoms with Gasteiger partial charge >= 0.3 is 5.97 Å². The van der Waals surface area contributed by atoms with E-state index in [0.29, 0.717) is 25.9 Å². The molecule has 5 heterocycles. The number of aromatic nitrogens is 1. The molecule has 7 N–H and O–H groups in total. The Balaban J connectivity index is 1.51. The van der Waals surface area contributed by atoms with Crippen LogP contribution in [0.2, 0.25) is 0 Å². The van der Waals surface area contributed by atoms with Crippen molar-refractivity contribution in [1.82, 2.24) is 20.9 Å². The lowest BCUT2D eigenvalue weighted by Crippen LogP contribution is -2.40. The molecule has 1 aromatic heterocycles. The van der Waals surface area contributed by atoms with Gasteiger partial charge in [0.1, 0.15) is 0 Å². The molecule has 0 bridgehead atoms. The van der Waals surface area contributed by atoms with E-state index >= 15 is 0 Å². The average molecular weight is 605 g/mol. The summed E-state index contributed by atoms with van der Waals surface area (Å²) in [5, 5.41) is 39.9. The van der Waals surface area contributed by atoms with Crippen LogP contribution in [0.25, 0.3) is 12.2 Å². The van der Waals surface area contributed by atoms with Gasteiger partial charge in [0, 0.05) is 70.5 Å². The van der Waals surface area contributed by atoms with Crippen LogP contribution < -0.4 is 16.0 Å². The number of aliphatic carboxylic acids is 1. The van der Waals surface area contributed by atoms with Crippen molar-refractivity contribution in [3.8, 4) is 0 Å². The van der Waals surface area contributed by atoms with E-state index in [1.807, 2.05) is 32.9 Å². The summed E-state index contributed by atoms with van der Waals surface area (Å²) in [6, 6.07) is -0.0765. The number of H-pyrrole nitrogens is 1. The highest BCUT2D eigenvalue weighted by molar-refractivity contribution is 5.86. The molecule has 0 aromatic carbocycles. The van der Waals surface area contributed by atoms with Gasteiger partial charge in [0.05, 0.1) is 6.61 Å². The molecule has 0 spiro atoms. The number of carbonyl (C=O) groups is 2. The molecule has 0 aliphatic carbocycles. The van der Waals surface area contributed by atoms with Crippen molar-refractivity contribution in [3.05, 3.63) is 81.8 Å². The summed E-state index contributed by atoms with van der Waals surface area (Å²) in [5.74, 6) is -1.05. The number of aromatic amines is 1. The van der Waals surface area contributed by atoms with Crippen molar-refractivity contribution in [2.45, 2.75) is 71.8 Å². The molecule has 0 radical (unpaired) electrons. The molecule has 44 heavy (non-hydrogen) atoms. The van der Waals surface area contributed by atoms with E-state index in [1.165, 1.54) is 0 Å². The van der Waals surface area contributed by atoms with Gasteiger partial charge in [-0.2, -0.15) is 0 Å². The number of hydrogen-bond acceptors (Lipinski definition) is 7. The molecule has 5 rings (SSSR count). The molecule has 7 atom stereocenters. The van der Waals surface area contributed by atoms with Gasteiger partial charge in [0.15, 0.2) is 12.2 Å². The molecule has 10 heteroatoms.